The predicted octanol–water partition coefficient (Wildman–Crippen LogP) is 4.43. The summed E-state index contributed by atoms with van der Waals surface area (Å²) in [5, 5.41) is 4.94. The Kier molecular flexibility index (Phi) is 4.37. The zero-order valence-electron chi connectivity index (χ0n) is 15.9. The summed E-state index contributed by atoms with van der Waals surface area (Å²) in [4.78, 5) is 3.65. The van der Waals surface area contributed by atoms with E-state index in [2.05, 4.69) is 48.4 Å². The van der Waals surface area contributed by atoms with Gasteiger partial charge in [-0.3, -0.25) is 0 Å². The van der Waals surface area contributed by atoms with Crippen LogP contribution in [0.25, 0.3) is 10.9 Å². The van der Waals surface area contributed by atoms with Gasteiger partial charge in [0.15, 0.2) is 0 Å². The highest BCUT2D eigenvalue weighted by atomic mass is 16.5. The van der Waals surface area contributed by atoms with Crippen molar-refractivity contribution in [2.45, 2.75) is 33.2 Å². The SMILES string of the molecule is CCOc1ccc2[nH]c3c(c2c1)CCNC3c1cc(C)cc(C)c1OC. The van der Waals surface area contributed by atoms with Crippen molar-refractivity contribution in [1.29, 1.82) is 0 Å². The molecular weight excluding hydrogens is 324 g/mol. The molecule has 2 aromatic carbocycles. The third kappa shape index (κ3) is 2.74. The van der Waals surface area contributed by atoms with Crippen LogP contribution < -0.4 is 14.8 Å². The van der Waals surface area contributed by atoms with E-state index in [1.54, 1.807) is 7.11 Å². The molecule has 2 heterocycles. The Morgan fingerprint density at radius 1 is 1.15 bits per heavy atom. The number of aryl methyl sites for hydroxylation is 2. The van der Waals surface area contributed by atoms with Crippen molar-refractivity contribution in [2.24, 2.45) is 0 Å². The second kappa shape index (κ2) is 6.69. The minimum absolute atomic E-state index is 0.107. The van der Waals surface area contributed by atoms with Gasteiger partial charge in [0.05, 0.1) is 19.8 Å². The van der Waals surface area contributed by atoms with Crippen molar-refractivity contribution in [3.63, 3.8) is 0 Å². The van der Waals surface area contributed by atoms with E-state index >= 15 is 0 Å². The number of aromatic nitrogens is 1. The van der Waals surface area contributed by atoms with E-state index in [1.807, 2.05) is 13.0 Å². The molecule has 0 radical (unpaired) electrons. The van der Waals surface area contributed by atoms with E-state index in [0.717, 1.165) is 30.0 Å². The van der Waals surface area contributed by atoms with E-state index in [1.165, 1.54) is 33.3 Å². The van der Waals surface area contributed by atoms with Crippen LogP contribution in [0.5, 0.6) is 11.5 Å². The molecular formula is C22H26N2O2. The first-order valence-corrected chi connectivity index (χ1v) is 9.28. The molecule has 0 fully saturated rings. The number of ether oxygens (including phenoxy) is 2. The van der Waals surface area contributed by atoms with Crippen LogP contribution in [-0.2, 0) is 6.42 Å². The second-order valence-electron chi connectivity index (χ2n) is 7.00. The van der Waals surface area contributed by atoms with Gasteiger partial charge in [-0.2, -0.15) is 0 Å². The van der Waals surface area contributed by atoms with Gasteiger partial charge in [-0.1, -0.05) is 17.7 Å². The molecule has 1 aliphatic rings. The summed E-state index contributed by atoms with van der Waals surface area (Å²) in [7, 11) is 1.75. The monoisotopic (exact) mass is 350 g/mol. The van der Waals surface area contributed by atoms with Crippen LogP contribution in [0.3, 0.4) is 0 Å². The van der Waals surface area contributed by atoms with E-state index < -0.39 is 0 Å². The van der Waals surface area contributed by atoms with Gasteiger partial charge in [-0.25, -0.2) is 0 Å². The minimum Gasteiger partial charge on any atom is -0.496 e. The standard InChI is InChI=1S/C22H26N2O2/c1-5-26-15-6-7-19-17(12-15)16-8-9-23-20(21(16)24-19)18-11-13(2)10-14(3)22(18)25-4/h6-7,10-12,20,23-24H,5,8-9H2,1-4H3. The van der Waals surface area contributed by atoms with Crippen molar-refractivity contribution in [1.82, 2.24) is 10.3 Å². The summed E-state index contributed by atoms with van der Waals surface area (Å²) < 4.78 is 11.5. The van der Waals surface area contributed by atoms with Crippen LogP contribution in [0.1, 0.15) is 40.9 Å². The van der Waals surface area contributed by atoms with Crippen LogP contribution in [0.2, 0.25) is 0 Å². The smallest absolute Gasteiger partial charge is 0.126 e. The molecule has 1 atom stereocenters. The zero-order chi connectivity index (χ0) is 18.3. The summed E-state index contributed by atoms with van der Waals surface area (Å²) in [6, 6.07) is 10.8. The Morgan fingerprint density at radius 3 is 2.77 bits per heavy atom. The van der Waals surface area contributed by atoms with Gasteiger partial charge in [0, 0.05) is 28.7 Å². The molecule has 0 saturated carbocycles. The van der Waals surface area contributed by atoms with Gasteiger partial charge in [-0.05, 0) is 56.5 Å². The molecule has 0 bridgehead atoms. The number of benzene rings is 2. The molecule has 4 rings (SSSR count). The maximum atomic E-state index is 5.75. The largest absolute Gasteiger partial charge is 0.496 e. The van der Waals surface area contributed by atoms with Gasteiger partial charge >= 0.3 is 0 Å². The van der Waals surface area contributed by atoms with Crippen LogP contribution in [-0.4, -0.2) is 25.2 Å². The average Bonchev–Trinajstić information content (AvgIpc) is 2.99. The lowest BCUT2D eigenvalue weighted by molar-refractivity contribution is 0.340. The minimum atomic E-state index is 0.107. The molecule has 4 heteroatoms. The number of fused-ring (bicyclic) bond motifs is 3. The van der Waals surface area contributed by atoms with Crippen LogP contribution in [0.15, 0.2) is 30.3 Å². The fourth-order valence-corrected chi connectivity index (χ4v) is 4.21. The van der Waals surface area contributed by atoms with Crippen molar-refractivity contribution in [3.05, 3.63) is 58.3 Å². The molecule has 1 aliphatic heterocycles. The van der Waals surface area contributed by atoms with Gasteiger partial charge in [0.25, 0.3) is 0 Å². The summed E-state index contributed by atoms with van der Waals surface area (Å²) in [5.74, 6) is 1.90. The number of methoxy groups -OCH3 is 1. The molecule has 26 heavy (non-hydrogen) atoms. The lowest BCUT2D eigenvalue weighted by Crippen LogP contribution is -2.31. The first-order valence-electron chi connectivity index (χ1n) is 9.28. The topological polar surface area (TPSA) is 46.3 Å². The first-order chi connectivity index (χ1) is 12.6. The number of nitrogens with one attached hydrogen (secondary N) is 2. The van der Waals surface area contributed by atoms with E-state index in [9.17, 15) is 0 Å². The molecule has 136 valence electrons. The highest BCUT2D eigenvalue weighted by Crippen LogP contribution is 2.39. The molecule has 3 aromatic rings. The number of hydrogen-bond donors (Lipinski definition) is 2. The van der Waals surface area contributed by atoms with Crippen molar-refractivity contribution in [3.8, 4) is 11.5 Å². The second-order valence-corrected chi connectivity index (χ2v) is 7.00. The third-order valence-electron chi connectivity index (χ3n) is 5.20. The van der Waals surface area contributed by atoms with Gasteiger partial charge < -0.3 is 19.8 Å². The molecule has 1 unspecified atom stereocenters. The van der Waals surface area contributed by atoms with E-state index in [-0.39, 0.29) is 6.04 Å². The lowest BCUT2D eigenvalue weighted by atomic mass is 9.91. The number of hydrogen-bond acceptors (Lipinski definition) is 3. The predicted molar refractivity (Wildman–Crippen MR) is 105 cm³/mol. The Morgan fingerprint density at radius 2 is 2.00 bits per heavy atom. The Bertz CT molecular complexity index is 958. The summed E-state index contributed by atoms with van der Waals surface area (Å²) in [5.41, 5.74) is 7.40. The average molecular weight is 350 g/mol. The van der Waals surface area contributed by atoms with Crippen LogP contribution in [0.4, 0.5) is 0 Å². The maximum absolute atomic E-state index is 5.75. The fraction of sp³-hybridized carbons (Fsp3) is 0.364. The quantitative estimate of drug-likeness (QED) is 0.732. The van der Waals surface area contributed by atoms with Crippen molar-refractivity contribution >= 4 is 10.9 Å². The van der Waals surface area contributed by atoms with Gasteiger partial charge in [-0.15, -0.1) is 0 Å². The van der Waals surface area contributed by atoms with Crippen LogP contribution >= 0.6 is 0 Å². The van der Waals surface area contributed by atoms with E-state index in [0.29, 0.717) is 6.61 Å². The summed E-state index contributed by atoms with van der Waals surface area (Å²) in [6.07, 6.45) is 1.01. The normalized spacial score (nSPS) is 16.5. The van der Waals surface area contributed by atoms with Crippen molar-refractivity contribution in [2.75, 3.05) is 20.3 Å². The van der Waals surface area contributed by atoms with Gasteiger partial charge in [0.2, 0.25) is 0 Å². The lowest BCUT2D eigenvalue weighted by Gasteiger charge is -2.27. The van der Waals surface area contributed by atoms with E-state index in [4.69, 9.17) is 9.47 Å². The number of H-pyrrole nitrogens is 1. The first kappa shape index (κ1) is 17.0. The molecule has 0 aliphatic carbocycles. The number of aromatic amines is 1. The maximum Gasteiger partial charge on any atom is 0.126 e. The Balaban J connectivity index is 1.87. The number of rotatable bonds is 4. The molecule has 0 amide bonds. The molecule has 2 N–H and O–H groups in total. The molecule has 0 spiro atoms. The third-order valence-corrected chi connectivity index (χ3v) is 5.20. The molecule has 4 nitrogen and oxygen atoms in total. The Labute approximate surface area is 154 Å². The molecule has 1 aromatic heterocycles. The van der Waals surface area contributed by atoms with Gasteiger partial charge in [0.1, 0.15) is 11.5 Å². The zero-order valence-corrected chi connectivity index (χ0v) is 15.9. The highest BCUT2D eigenvalue weighted by molar-refractivity contribution is 5.86. The summed E-state index contributed by atoms with van der Waals surface area (Å²) in [6.45, 7) is 7.89. The fourth-order valence-electron chi connectivity index (χ4n) is 4.21. The highest BCUT2D eigenvalue weighted by Gasteiger charge is 2.28. The molecule has 0 saturated heterocycles. The Hall–Kier alpha value is -2.46. The van der Waals surface area contributed by atoms with Crippen LogP contribution in [0, 0.1) is 13.8 Å². The summed E-state index contributed by atoms with van der Waals surface area (Å²) >= 11 is 0. The van der Waals surface area contributed by atoms with Crippen molar-refractivity contribution < 1.29 is 9.47 Å².